The highest BCUT2D eigenvalue weighted by Gasteiger charge is 2.12. The van der Waals surface area contributed by atoms with Crippen molar-refractivity contribution in [2.75, 3.05) is 17.2 Å². The van der Waals surface area contributed by atoms with Crippen LogP contribution in [0.5, 0.6) is 5.75 Å². The summed E-state index contributed by atoms with van der Waals surface area (Å²) < 4.78 is 28.9. The molecule has 0 spiro atoms. The third kappa shape index (κ3) is 5.52. The number of carbonyl (C=O) groups is 2. The minimum Gasteiger partial charge on any atom is -0.433 e. The van der Waals surface area contributed by atoms with Gasteiger partial charge in [-0.2, -0.15) is 8.78 Å². The maximum absolute atomic E-state index is 12.3. The molecule has 3 N–H and O–H groups in total. The Labute approximate surface area is 136 Å². The Bertz CT molecular complexity index is 698. The van der Waals surface area contributed by atoms with Gasteiger partial charge in [-0.3, -0.25) is 9.78 Å². The number of aromatic nitrogens is 1. The van der Waals surface area contributed by atoms with Crippen LogP contribution in [0.3, 0.4) is 0 Å². The van der Waals surface area contributed by atoms with E-state index < -0.39 is 18.5 Å². The molecule has 1 heterocycles. The second kappa shape index (κ2) is 8.42. The molecule has 0 unspecified atom stereocenters. The molecule has 0 aliphatic heterocycles. The number of benzene rings is 1. The molecule has 0 aliphatic carbocycles. The van der Waals surface area contributed by atoms with Gasteiger partial charge in [0.2, 0.25) is 5.91 Å². The molecule has 2 rings (SSSR count). The second-order valence-corrected chi connectivity index (χ2v) is 4.47. The van der Waals surface area contributed by atoms with E-state index in [1.807, 2.05) is 0 Å². The van der Waals surface area contributed by atoms with E-state index in [9.17, 15) is 18.4 Å². The van der Waals surface area contributed by atoms with Gasteiger partial charge in [0, 0.05) is 6.20 Å². The molecule has 7 nitrogen and oxygen atoms in total. The Kier molecular flexibility index (Phi) is 6.01. The van der Waals surface area contributed by atoms with Gasteiger partial charge in [-0.25, -0.2) is 4.79 Å². The minimum absolute atomic E-state index is 0.0583. The molecule has 9 heteroatoms. The molecule has 24 heavy (non-hydrogen) atoms. The maximum atomic E-state index is 12.3. The molecule has 0 saturated carbocycles. The zero-order valence-electron chi connectivity index (χ0n) is 12.3. The lowest BCUT2D eigenvalue weighted by atomic mass is 10.3. The van der Waals surface area contributed by atoms with E-state index >= 15 is 0 Å². The van der Waals surface area contributed by atoms with Gasteiger partial charge in [0.25, 0.3) is 0 Å². The number of halogens is 2. The Hall–Kier alpha value is -3.23. The number of anilines is 2. The molecule has 0 atom stereocenters. The number of amides is 3. The van der Waals surface area contributed by atoms with Crippen molar-refractivity contribution < 1.29 is 23.1 Å². The molecule has 0 saturated heterocycles. The Balaban J connectivity index is 1.84. The summed E-state index contributed by atoms with van der Waals surface area (Å²) in [7, 11) is 0. The van der Waals surface area contributed by atoms with Crippen LogP contribution in [0.1, 0.15) is 0 Å². The van der Waals surface area contributed by atoms with Crippen molar-refractivity contribution in [1.29, 1.82) is 0 Å². The average Bonchev–Trinajstić information content (AvgIpc) is 2.55. The second-order valence-electron chi connectivity index (χ2n) is 4.47. The third-order valence-corrected chi connectivity index (χ3v) is 2.71. The van der Waals surface area contributed by atoms with Gasteiger partial charge in [0.1, 0.15) is 5.75 Å². The van der Waals surface area contributed by atoms with Crippen LogP contribution in [-0.2, 0) is 4.79 Å². The van der Waals surface area contributed by atoms with E-state index in [2.05, 4.69) is 25.7 Å². The van der Waals surface area contributed by atoms with Gasteiger partial charge in [0.15, 0.2) is 0 Å². The number of para-hydroxylation sites is 2. The van der Waals surface area contributed by atoms with Crippen LogP contribution in [0, 0.1) is 0 Å². The van der Waals surface area contributed by atoms with Crippen molar-refractivity contribution in [3.63, 3.8) is 0 Å². The lowest BCUT2D eigenvalue weighted by Gasteiger charge is -2.12. The fourth-order valence-electron chi connectivity index (χ4n) is 1.74. The molecular weight excluding hydrogens is 322 g/mol. The van der Waals surface area contributed by atoms with Crippen LogP contribution in [0.25, 0.3) is 0 Å². The zero-order valence-corrected chi connectivity index (χ0v) is 12.3. The first-order chi connectivity index (χ1) is 11.5. The van der Waals surface area contributed by atoms with Gasteiger partial charge in [0.05, 0.1) is 24.1 Å². The number of rotatable bonds is 6. The van der Waals surface area contributed by atoms with Crippen LogP contribution in [0.2, 0.25) is 0 Å². The first kappa shape index (κ1) is 17.1. The smallest absolute Gasteiger partial charge is 0.387 e. The number of nitrogens with one attached hydrogen (secondary N) is 3. The van der Waals surface area contributed by atoms with Crippen molar-refractivity contribution >= 4 is 23.3 Å². The average molecular weight is 336 g/mol. The molecule has 0 aliphatic rings. The Morgan fingerprint density at radius 2 is 1.92 bits per heavy atom. The molecule has 126 valence electrons. The number of ether oxygens (including phenoxy) is 1. The normalized spacial score (nSPS) is 10.1. The van der Waals surface area contributed by atoms with E-state index in [1.165, 1.54) is 24.4 Å². The summed E-state index contributed by atoms with van der Waals surface area (Å²) in [5.74, 6) is -0.641. The van der Waals surface area contributed by atoms with Crippen molar-refractivity contribution in [1.82, 2.24) is 10.3 Å². The first-order valence-corrected chi connectivity index (χ1v) is 6.83. The summed E-state index contributed by atoms with van der Waals surface area (Å²) in [6, 6.07) is 8.27. The minimum atomic E-state index is -3.01. The fourth-order valence-corrected chi connectivity index (χ4v) is 1.74. The summed E-state index contributed by atoms with van der Waals surface area (Å²) in [6.45, 7) is -3.32. The largest absolute Gasteiger partial charge is 0.433 e. The zero-order chi connectivity index (χ0) is 17.4. The lowest BCUT2D eigenvalue weighted by molar-refractivity contribution is -0.115. The van der Waals surface area contributed by atoms with E-state index in [1.54, 1.807) is 24.4 Å². The molecule has 2 aromatic rings. The highest BCUT2D eigenvalue weighted by Crippen LogP contribution is 2.25. The van der Waals surface area contributed by atoms with Crippen LogP contribution in [-0.4, -0.2) is 30.1 Å². The molecule has 1 aromatic heterocycles. The number of pyridine rings is 1. The number of hydrogen-bond acceptors (Lipinski definition) is 4. The quantitative estimate of drug-likeness (QED) is 0.755. The van der Waals surface area contributed by atoms with Crippen LogP contribution >= 0.6 is 0 Å². The molecular formula is C15H14F2N4O3. The summed E-state index contributed by atoms with van der Waals surface area (Å²) in [5, 5.41) is 7.17. The number of hydrogen-bond donors (Lipinski definition) is 3. The van der Waals surface area contributed by atoms with Crippen molar-refractivity contribution in [2.24, 2.45) is 0 Å². The predicted molar refractivity (Wildman–Crippen MR) is 83.0 cm³/mol. The van der Waals surface area contributed by atoms with E-state index in [-0.39, 0.29) is 18.0 Å². The SMILES string of the molecule is O=C(CNC(=O)Nc1ccccc1OC(F)F)Nc1cccnc1. The fraction of sp³-hybridized carbons (Fsp3) is 0.133. The van der Waals surface area contributed by atoms with Gasteiger partial charge < -0.3 is 20.7 Å². The van der Waals surface area contributed by atoms with Gasteiger partial charge in [-0.15, -0.1) is 0 Å². The number of nitrogens with zero attached hydrogens (tertiary/aromatic N) is 1. The van der Waals surface area contributed by atoms with Crippen molar-refractivity contribution in [3.8, 4) is 5.75 Å². The number of urea groups is 1. The molecule has 0 radical (unpaired) electrons. The third-order valence-electron chi connectivity index (χ3n) is 2.71. The van der Waals surface area contributed by atoms with Crippen LogP contribution in [0.15, 0.2) is 48.8 Å². The van der Waals surface area contributed by atoms with Gasteiger partial charge in [-0.1, -0.05) is 12.1 Å². The predicted octanol–water partition coefficient (Wildman–Crippen LogP) is 2.44. The highest BCUT2D eigenvalue weighted by atomic mass is 19.3. The summed E-state index contributed by atoms with van der Waals surface area (Å²) in [6.07, 6.45) is 3.01. The summed E-state index contributed by atoms with van der Waals surface area (Å²) in [5.41, 5.74) is 0.545. The van der Waals surface area contributed by atoms with Crippen LogP contribution < -0.4 is 20.7 Å². The van der Waals surface area contributed by atoms with E-state index in [0.29, 0.717) is 5.69 Å². The summed E-state index contributed by atoms with van der Waals surface area (Å²) in [4.78, 5) is 27.3. The molecule has 1 aromatic carbocycles. The summed E-state index contributed by atoms with van der Waals surface area (Å²) >= 11 is 0. The Morgan fingerprint density at radius 3 is 2.62 bits per heavy atom. The number of alkyl halides is 2. The van der Waals surface area contributed by atoms with Crippen molar-refractivity contribution in [3.05, 3.63) is 48.8 Å². The number of carbonyl (C=O) groups excluding carboxylic acids is 2. The molecule has 0 bridgehead atoms. The maximum Gasteiger partial charge on any atom is 0.387 e. The van der Waals surface area contributed by atoms with Gasteiger partial charge in [-0.05, 0) is 24.3 Å². The first-order valence-electron chi connectivity index (χ1n) is 6.83. The highest BCUT2D eigenvalue weighted by molar-refractivity contribution is 5.97. The monoisotopic (exact) mass is 336 g/mol. The molecule has 3 amide bonds. The lowest BCUT2D eigenvalue weighted by Crippen LogP contribution is -2.35. The Morgan fingerprint density at radius 1 is 1.12 bits per heavy atom. The molecule has 0 fully saturated rings. The van der Waals surface area contributed by atoms with E-state index in [0.717, 1.165) is 0 Å². The van der Waals surface area contributed by atoms with Crippen LogP contribution in [0.4, 0.5) is 25.0 Å². The van der Waals surface area contributed by atoms with Gasteiger partial charge >= 0.3 is 12.6 Å². The topological polar surface area (TPSA) is 92.4 Å². The van der Waals surface area contributed by atoms with Crippen molar-refractivity contribution in [2.45, 2.75) is 6.61 Å². The standard InChI is InChI=1S/C15H14F2N4O3/c16-14(17)24-12-6-2-1-5-11(12)21-15(23)19-9-13(22)20-10-4-3-7-18-8-10/h1-8,14H,9H2,(H,20,22)(H2,19,21,23). The van der Waals surface area contributed by atoms with E-state index in [4.69, 9.17) is 0 Å².